The predicted molar refractivity (Wildman–Crippen MR) is 122 cm³/mol. The van der Waals surface area contributed by atoms with Crippen LogP contribution >= 0.6 is 23.4 Å². The first-order chi connectivity index (χ1) is 14.4. The Hall–Kier alpha value is -2.07. The van der Waals surface area contributed by atoms with E-state index in [4.69, 9.17) is 17.4 Å². The number of halogens is 1. The largest absolute Gasteiger partial charge is 0.335 e. The Morgan fingerprint density at radius 1 is 1.10 bits per heavy atom. The van der Waals surface area contributed by atoms with Gasteiger partial charge in [0.1, 0.15) is 0 Å². The van der Waals surface area contributed by atoms with Crippen molar-refractivity contribution < 1.29 is 8.42 Å². The predicted octanol–water partition coefficient (Wildman–Crippen LogP) is 3.68. The fourth-order valence-electron chi connectivity index (χ4n) is 3.03. The minimum absolute atomic E-state index is 0.208. The molecule has 1 heterocycles. The van der Waals surface area contributed by atoms with Gasteiger partial charge in [-0.1, -0.05) is 67.5 Å². The van der Waals surface area contributed by atoms with Gasteiger partial charge in [0.2, 0.25) is 15.2 Å². The zero-order valence-corrected chi connectivity index (χ0v) is 19.2. The second-order valence-corrected chi connectivity index (χ2v) is 9.89. The number of sulfonamides is 1. The van der Waals surface area contributed by atoms with Crippen LogP contribution < -0.4 is 5.84 Å². The van der Waals surface area contributed by atoms with Gasteiger partial charge in [-0.3, -0.25) is 0 Å². The normalized spacial score (nSPS) is 11.9. The molecule has 0 fully saturated rings. The van der Waals surface area contributed by atoms with E-state index in [-0.39, 0.29) is 4.90 Å². The minimum Gasteiger partial charge on any atom is -0.335 e. The lowest BCUT2D eigenvalue weighted by atomic mass is 10.2. The summed E-state index contributed by atoms with van der Waals surface area (Å²) in [7, 11) is -3.57. The van der Waals surface area contributed by atoms with E-state index in [1.807, 2.05) is 38.1 Å². The molecule has 0 spiro atoms. The van der Waals surface area contributed by atoms with E-state index < -0.39 is 10.0 Å². The van der Waals surface area contributed by atoms with Gasteiger partial charge in [0.05, 0.1) is 4.90 Å². The van der Waals surface area contributed by atoms with Crippen molar-refractivity contribution in [1.29, 1.82) is 0 Å². The first-order valence-electron chi connectivity index (χ1n) is 9.55. The van der Waals surface area contributed by atoms with Crippen molar-refractivity contribution in [2.24, 2.45) is 0 Å². The number of nitrogen functional groups attached to an aromatic ring is 1. The maximum Gasteiger partial charge on any atom is 0.243 e. The highest BCUT2D eigenvalue weighted by atomic mass is 35.5. The zero-order chi connectivity index (χ0) is 21.7. The van der Waals surface area contributed by atoms with Crippen molar-refractivity contribution in [2.45, 2.75) is 30.3 Å². The number of aromatic nitrogens is 3. The standard InChI is InChI=1S/C20H24ClN5O2S2/c1-3-25(4-2)30(27,28)17-10-7-9-16(14-17)19-23-24-20(26(19)22)29-13-12-15-8-5-6-11-18(15)21/h5-11,14H,3-4,12-13,22H2,1-2H3. The van der Waals surface area contributed by atoms with Crippen molar-refractivity contribution in [1.82, 2.24) is 19.2 Å². The third kappa shape index (κ3) is 4.80. The van der Waals surface area contributed by atoms with E-state index in [1.54, 1.807) is 24.3 Å². The molecule has 0 aliphatic rings. The van der Waals surface area contributed by atoms with Crippen LogP contribution in [0.3, 0.4) is 0 Å². The molecular weight excluding hydrogens is 442 g/mol. The molecule has 0 aliphatic heterocycles. The lowest BCUT2D eigenvalue weighted by molar-refractivity contribution is 0.445. The molecule has 0 bridgehead atoms. The Bertz CT molecular complexity index is 1110. The van der Waals surface area contributed by atoms with Crippen molar-refractivity contribution in [3.63, 3.8) is 0 Å². The van der Waals surface area contributed by atoms with Crippen LogP contribution in [0, 0.1) is 0 Å². The highest BCUT2D eigenvalue weighted by Crippen LogP contribution is 2.26. The molecule has 30 heavy (non-hydrogen) atoms. The Labute approximate surface area is 186 Å². The van der Waals surface area contributed by atoms with E-state index in [0.717, 1.165) is 22.8 Å². The molecule has 2 aromatic carbocycles. The summed E-state index contributed by atoms with van der Waals surface area (Å²) in [5.41, 5.74) is 1.65. The van der Waals surface area contributed by atoms with E-state index in [2.05, 4.69) is 10.2 Å². The van der Waals surface area contributed by atoms with Gasteiger partial charge < -0.3 is 5.84 Å². The van der Waals surface area contributed by atoms with Gasteiger partial charge in [0.25, 0.3) is 0 Å². The van der Waals surface area contributed by atoms with Crippen LogP contribution in [0.1, 0.15) is 19.4 Å². The molecule has 7 nitrogen and oxygen atoms in total. The lowest BCUT2D eigenvalue weighted by Crippen LogP contribution is -2.30. The Morgan fingerprint density at radius 3 is 2.53 bits per heavy atom. The molecule has 0 amide bonds. The number of benzene rings is 2. The topological polar surface area (TPSA) is 94.1 Å². The molecule has 0 aliphatic carbocycles. The first-order valence-corrected chi connectivity index (χ1v) is 12.4. The van der Waals surface area contributed by atoms with Crippen molar-refractivity contribution in [3.05, 3.63) is 59.1 Å². The fraction of sp³-hybridized carbons (Fsp3) is 0.300. The van der Waals surface area contributed by atoms with Gasteiger partial charge in [-0.25, -0.2) is 13.1 Å². The summed E-state index contributed by atoms with van der Waals surface area (Å²) in [6.45, 7) is 4.44. The summed E-state index contributed by atoms with van der Waals surface area (Å²) in [6, 6.07) is 14.3. The molecule has 0 saturated heterocycles. The molecule has 10 heteroatoms. The summed E-state index contributed by atoms with van der Waals surface area (Å²) in [4.78, 5) is 0.208. The van der Waals surface area contributed by atoms with Crippen LogP contribution in [0.2, 0.25) is 5.02 Å². The third-order valence-corrected chi connectivity index (χ3v) is 8.02. The Kier molecular flexibility index (Phi) is 7.41. The van der Waals surface area contributed by atoms with Crippen molar-refractivity contribution >= 4 is 33.4 Å². The SMILES string of the molecule is CCN(CC)S(=O)(=O)c1cccc(-c2nnc(SCCc3ccccc3Cl)n2N)c1. The molecule has 0 saturated carbocycles. The zero-order valence-electron chi connectivity index (χ0n) is 16.8. The second-order valence-electron chi connectivity index (χ2n) is 6.48. The number of hydrogen-bond donors (Lipinski definition) is 1. The summed E-state index contributed by atoms with van der Waals surface area (Å²) < 4.78 is 28.4. The van der Waals surface area contributed by atoms with E-state index in [1.165, 1.54) is 20.7 Å². The monoisotopic (exact) mass is 465 g/mol. The Morgan fingerprint density at radius 2 is 1.83 bits per heavy atom. The number of thioether (sulfide) groups is 1. The highest BCUT2D eigenvalue weighted by molar-refractivity contribution is 7.99. The lowest BCUT2D eigenvalue weighted by Gasteiger charge is -2.18. The average molecular weight is 466 g/mol. The molecule has 160 valence electrons. The molecule has 3 aromatic rings. The first kappa shape index (κ1) is 22.6. The molecule has 0 radical (unpaired) electrons. The van der Waals surface area contributed by atoms with Gasteiger partial charge in [0, 0.05) is 29.4 Å². The van der Waals surface area contributed by atoms with E-state index in [0.29, 0.717) is 29.6 Å². The maximum absolute atomic E-state index is 12.8. The number of nitrogens with two attached hydrogens (primary N) is 1. The smallest absolute Gasteiger partial charge is 0.243 e. The van der Waals surface area contributed by atoms with Crippen LogP contribution in [0.5, 0.6) is 0 Å². The summed E-state index contributed by atoms with van der Waals surface area (Å²) in [6.07, 6.45) is 0.768. The van der Waals surface area contributed by atoms with Crippen LogP contribution in [0.4, 0.5) is 0 Å². The second kappa shape index (κ2) is 9.82. The van der Waals surface area contributed by atoms with Gasteiger partial charge in [-0.05, 0) is 30.2 Å². The van der Waals surface area contributed by atoms with E-state index in [9.17, 15) is 8.42 Å². The average Bonchev–Trinajstić information content (AvgIpc) is 3.11. The Balaban J connectivity index is 1.78. The number of nitrogens with zero attached hydrogens (tertiary/aromatic N) is 4. The summed E-state index contributed by atoms with van der Waals surface area (Å²) >= 11 is 7.66. The number of aryl methyl sites for hydroxylation is 1. The molecule has 1 aromatic heterocycles. The van der Waals surface area contributed by atoms with Gasteiger partial charge in [-0.2, -0.15) is 4.31 Å². The van der Waals surface area contributed by atoms with Crippen LogP contribution in [-0.2, 0) is 16.4 Å². The van der Waals surface area contributed by atoms with Crippen LogP contribution in [0.25, 0.3) is 11.4 Å². The summed E-state index contributed by atoms with van der Waals surface area (Å²) in [5, 5.41) is 9.62. The molecule has 3 rings (SSSR count). The van der Waals surface area contributed by atoms with Gasteiger partial charge in [0.15, 0.2) is 5.82 Å². The van der Waals surface area contributed by atoms with Crippen molar-refractivity contribution in [3.8, 4) is 11.4 Å². The summed E-state index contributed by atoms with van der Waals surface area (Å²) in [5.74, 6) is 7.34. The van der Waals surface area contributed by atoms with Crippen molar-refractivity contribution in [2.75, 3.05) is 24.7 Å². The molecule has 0 unspecified atom stereocenters. The fourth-order valence-corrected chi connectivity index (χ4v) is 5.60. The van der Waals surface area contributed by atoms with Gasteiger partial charge in [-0.15, -0.1) is 10.2 Å². The number of rotatable bonds is 9. The third-order valence-electron chi connectivity index (χ3n) is 4.66. The van der Waals surface area contributed by atoms with Gasteiger partial charge >= 0.3 is 0 Å². The quantitative estimate of drug-likeness (QED) is 0.382. The van der Waals surface area contributed by atoms with Crippen LogP contribution in [-0.4, -0.2) is 46.4 Å². The highest BCUT2D eigenvalue weighted by Gasteiger charge is 2.23. The molecular formula is C20H24ClN5O2S2. The number of hydrogen-bond acceptors (Lipinski definition) is 6. The van der Waals surface area contributed by atoms with E-state index >= 15 is 0 Å². The van der Waals surface area contributed by atoms with Crippen LogP contribution in [0.15, 0.2) is 58.6 Å². The maximum atomic E-state index is 12.8. The molecule has 2 N–H and O–H groups in total. The minimum atomic E-state index is -3.57. The molecule has 0 atom stereocenters.